The standard InChI is InChI=1S/C15H10F2N4O/c16-11-1-2-12(20)14(17)13(11)15(22)10-7-21-6-9(10)3-8(4-18)5-19/h1-4,6-7,18,21H,20H2/b8-3+,18-4?. The largest absolute Gasteiger partial charge is 0.396 e. The van der Waals surface area contributed by atoms with Gasteiger partial charge in [0.1, 0.15) is 11.9 Å². The summed E-state index contributed by atoms with van der Waals surface area (Å²) in [5.74, 6) is -3.06. The van der Waals surface area contributed by atoms with E-state index in [1.54, 1.807) is 6.07 Å². The second kappa shape index (κ2) is 6.01. The van der Waals surface area contributed by atoms with Crippen LogP contribution >= 0.6 is 0 Å². The van der Waals surface area contributed by atoms with Crippen molar-refractivity contribution in [1.82, 2.24) is 4.98 Å². The van der Waals surface area contributed by atoms with Crippen LogP contribution in [-0.4, -0.2) is 17.0 Å². The molecule has 0 aliphatic rings. The van der Waals surface area contributed by atoms with E-state index >= 15 is 0 Å². The fourth-order valence-corrected chi connectivity index (χ4v) is 1.88. The summed E-state index contributed by atoms with van der Waals surface area (Å²) in [4.78, 5) is 15.0. The molecule has 0 spiro atoms. The van der Waals surface area contributed by atoms with Crippen LogP contribution in [0.3, 0.4) is 0 Å². The minimum absolute atomic E-state index is 0.0119. The lowest BCUT2D eigenvalue weighted by molar-refractivity contribution is 0.103. The number of hydrogen-bond acceptors (Lipinski definition) is 4. The van der Waals surface area contributed by atoms with Crippen LogP contribution < -0.4 is 5.73 Å². The van der Waals surface area contributed by atoms with E-state index in [-0.39, 0.29) is 22.4 Å². The predicted octanol–water partition coefficient (Wildman–Crippen LogP) is 2.66. The van der Waals surface area contributed by atoms with Crippen molar-refractivity contribution in [3.05, 3.63) is 58.4 Å². The third-order valence-corrected chi connectivity index (χ3v) is 2.97. The van der Waals surface area contributed by atoms with E-state index in [2.05, 4.69) is 4.98 Å². The zero-order chi connectivity index (χ0) is 16.3. The smallest absolute Gasteiger partial charge is 0.201 e. The average Bonchev–Trinajstić information content (AvgIpc) is 2.97. The van der Waals surface area contributed by atoms with E-state index in [9.17, 15) is 13.6 Å². The highest BCUT2D eigenvalue weighted by Crippen LogP contribution is 2.24. The van der Waals surface area contributed by atoms with Crippen LogP contribution in [-0.2, 0) is 0 Å². The molecule has 0 aliphatic carbocycles. The summed E-state index contributed by atoms with van der Waals surface area (Å²) in [5, 5.41) is 15.8. The van der Waals surface area contributed by atoms with Gasteiger partial charge in [-0.3, -0.25) is 4.79 Å². The fraction of sp³-hybridized carbons (Fsp3) is 0. The summed E-state index contributed by atoms with van der Waals surface area (Å²) in [6.07, 6.45) is 4.72. The molecule has 5 nitrogen and oxygen atoms in total. The Kier molecular flexibility index (Phi) is 4.13. The van der Waals surface area contributed by atoms with Crippen molar-refractivity contribution in [3.8, 4) is 6.07 Å². The molecule has 2 aromatic rings. The number of nitrogens with one attached hydrogen (secondary N) is 2. The highest BCUT2D eigenvalue weighted by molar-refractivity contribution is 6.12. The summed E-state index contributed by atoms with van der Waals surface area (Å²) < 4.78 is 27.7. The van der Waals surface area contributed by atoms with E-state index in [0.717, 1.165) is 18.3 Å². The molecule has 0 aliphatic heterocycles. The first-order valence-corrected chi connectivity index (χ1v) is 6.06. The van der Waals surface area contributed by atoms with Gasteiger partial charge < -0.3 is 16.1 Å². The normalized spacial score (nSPS) is 11.0. The fourth-order valence-electron chi connectivity index (χ4n) is 1.88. The molecule has 0 amide bonds. The molecule has 7 heteroatoms. The van der Waals surface area contributed by atoms with Crippen LogP contribution in [0.5, 0.6) is 0 Å². The van der Waals surface area contributed by atoms with Crippen LogP contribution in [0.4, 0.5) is 14.5 Å². The predicted molar refractivity (Wildman–Crippen MR) is 77.4 cm³/mol. The molecule has 2 rings (SSSR count). The summed E-state index contributed by atoms with van der Waals surface area (Å²) in [7, 11) is 0. The van der Waals surface area contributed by atoms with Gasteiger partial charge in [0.15, 0.2) is 5.82 Å². The summed E-state index contributed by atoms with van der Waals surface area (Å²) in [6, 6.07) is 3.69. The lowest BCUT2D eigenvalue weighted by Gasteiger charge is -2.06. The highest BCUT2D eigenvalue weighted by atomic mass is 19.1. The Morgan fingerprint density at radius 3 is 2.73 bits per heavy atom. The van der Waals surface area contributed by atoms with Crippen molar-refractivity contribution < 1.29 is 13.6 Å². The Hall–Kier alpha value is -3.27. The zero-order valence-electron chi connectivity index (χ0n) is 11.2. The van der Waals surface area contributed by atoms with Crippen molar-refractivity contribution in [2.45, 2.75) is 0 Å². The molecule has 0 unspecified atom stereocenters. The van der Waals surface area contributed by atoms with Crippen molar-refractivity contribution in [2.24, 2.45) is 0 Å². The number of aromatic nitrogens is 1. The van der Waals surface area contributed by atoms with E-state index in [4.69, 9.17) is 16.4 Å². The molecule has 0 bridgehead atoms. The average molecular weight is 300 g/mol. The van der Waals surface area contributed by atoms with Crippen LogP contribution in [0.1, 0.15) is 21.5 Å². The molecule has 0 radical (unpaired) electrons. The molecule has 0 fully saturated rings. The molecule has 1 aromatic heterocycles. The van der Waals surface area contributed by atoms with Gasteiger partial charge in [0.2, 0.25) is 5.78 Å². The first kappa shape index (κ1) is 15.1. The number of nitrogen functional groups attached to an aromatic ring is 1. The number of halogens is 2. The maximum absolute atomic E-state index is 13.9. The Balaban J connectivity index is 2.56. The molecule has 0 saturated carbocycles. The van der Waals surface area contributed by atoms with Gasteiger partial charge in [-0.15, -0.1) is 0 Å². The minimum atomic E-state index is -1.13. The van der Waals surface area contributed by atoms with E-state index in [1.165, 1.54) is 18.5 Å². The number of ketones is 1. The number of hydrogen-bond donors (Lipinski definition) is 3. The molecule has 1 aromatic carbocycles. The van der Waals surface area contributed by atoms with Gasteiger partial charge >= 0.3 is 0 Å². The number of carbonyl (C=O) groups excluding carboxylic acids is 1. The molecule has 110 valence electrons. The van der Waals surface area contributed by atoms with Crippen molar-refractivity contribution in [3.63, 3.8) is 0 Å². The van der Waals surface area contributed by atoms with Crippen LogP contribution in [0.15, 0.2) is 30.1 Å². The Morgan fingerprint density at radius 1 is 1.36 bits per heavy atom. The van der Waals surface area contributed by atoms with Crippen molar-refractivity contribution in [1.29, 1.82) is 10.7 Å². The molecule has 1 heterocycles. The number of nitrogens with zero attached hydrogens (tertiary/aromatic N) is 1. The molecular weight excluding hydrogens is 290 g/mol. The number of rotatable bonds is 4. The number of anilines is 1. The monoisotopic (exact) mass is 300 g/mol. The SMILES string of the molecule is N#C/C(C=N)=C/c1c[nH]cc1C(=O)c1c(F)ccc(N)c1F. The van der Waals surface area contributed by atoms with Gasteiger partial charge in [-0.25, -0.2) is 8.78 Å². The molecule has 22 heavy (non-hydrogen) atoms. The molecule has 0 saturated heterocycles. The number of allylic oxidation sites excluding steroid dienone is 1. The third-order valence-electron chi connectivity index (χ3n) is 2.97. The van der Waals surface area contributed by atoms with Crippen molar-refractivity contribution in [2.75, 3.05) is 5.73 Å². The molecule has 0 atom stereocenters. The zero-order valence-corrected chi connectivity index (χ0v) is 11.2. The summed E-state index contributed by atoms with van der Waals surface area (Å²) in [6.45, 7) is 0. The minimum Gasteiger partial charge on any atom is -0.396 e. The quantitative estimate of drug-likeness (QED) is 0.349. The van der Waals surface area contributed by atoms with Crippen LogP contribution in [0, 0.1) is 28.4 Å². The van der Waals surface area contributed by atoms with Crippen LogP contribution in [0.25, 0.3) is 6.08 Å². The van der Waals surface area contributed by atoms with E-state index < -0.39 is 23.0 Å². The van der Waals surface area contributed by atoms with Gasteiger partial charge in [-0.1, -0.05) is 0 Å². The second-order valence-electron chi connectivity index (χ2n) is 4.33. The van der Waals surface area contributed by atoms with Gasteiger partial charge in [0.25, 0.3) is 0 Å². The topological polar surface area (TPSA) is 107 Å². The van der Waals surface area contributed by atoms with E-state index in [0.29, 0.717) is 0 Å². The van der Waals surface area contributed by atoms with Gasteiger partial charge in [0.05, 0.1) is 16.8 Å². The van der Waals surface area contributed by atoms with E-state index in [1.807, 2.05) is 0 Å². The number of aromatic amines is 1. The second-order valence-corrected chi connectivity index (χ2v) is 4.33. The Labute approximate surface area is 124 Å². The molecular formula is C15H10F2N4O. The first-order chi connectivity index (χ1) is 10.5. The summed E-state index contributed by atoms with van der Waals surface area (Å²) in [5.41, 5.74) is 4.46. The van der Waals surface area contributed by atoms with Gasteiger partial charge in [0, 0.05) is 29.7 Å². The lowest BCUT2D eigenvalue weighted by atomic mass is 10.00. The highest BCUT2D eigenvalue weighted by Gasteiger charge is 2.23. The number of benzene rings is 1. The third kappa shape index (κ3) is 2.62. The Morgan fingerprint density at radius 2 is 2.09 bits per heavy atom. The summed E-state index contributed by atoms with van der Waals surface area (Å²) >= 11 is 0. The van der Waals surface area contributed by atoms with Crippen molar-refractivity contribution >= 4 is 23.8 Å². The number of nitriles is 1. The maximum Gasteiger partial charge on any atom is 0.201 e. The lowest BCUT2D eigenvalue weighted by Crippen LogP contribution is -2.10. The molecule has 4 N–H and O–H groups in total. The first-order valence-electron chi connectivity index (χ1n) is 6.06. The maximum atomic E-state index is 13.9. The number of H-pyrrole nitrogens is 1. The van der Waals surface area contributed by atoms with Gasteiger partial charge in [-0.2, -0.15) is 5.26 Å². The Bertz CT molecular complexity index is 831. The number of carbonyl (C=O) groups is 1. The number of nitrogens with two attached hydrogens (primary N) is 1. The van der Waals surface area contributed by atoms with Gasteiger partial charge in [-0.05, 0) is 18.2 Å². The van der Waals surface area contributed by atoms with Crippen LogP contribution in [0.2, 0.25) is 0 Å².